The van der Waals surface area contributed by atoms with Gasteiger partial charge in [-0.1, -0.05) is 17.7 Å². The van der Waals surface area contributed by atoms with Crippen LogP contribution in [0.4, 0.5) is 0 Å². The van der Waals surface area contributed by atoms with E-state index in [1.54, 1.807) is 0 Å². The summed E-state index contributed by atoms with van der Waals surface area (Å²) < 4.78 is 11.2. The van der Waals surface area contributed by atoms with Crippen molar-refractivity contribution >= 4 is 0 Å². The van der Waals surface area contributed by atoms with Crippen LogP contribution in [0.5, 0.6) is 11.5 Å². The Morgan fingerprint density at radius 1 is 1.16 bits per heavy atom. The Morgan fingerprint density at radius 3 is 2.32 bits per heavy atom. The molecule has 1 unspecified atom stereocenters. The lowest BCUT2D eigenvalue weighted by molar-refractivity contribution is 0.287. The highest BCUT2D eigenvalue weighted by Crippen LogP contribution is 2.31. The number of allylic oxidation sites excluding steroid dienone is 1. The zero-order valence-electron chi connectivity index (χ0n) is 12.6. The lowest BCUT2D eigenvalue weighted by atomic mass is 10.0. The van der Waals surface area contributed by atoms with E-state index in [1.807, 2.05) is 27.0 Å². The van der Waals surface area contributed by atoms with Crippen molar-refractivity contribution in [2.24, 2.45) is 0 Å². The number of benzene rings is 1. The molecular weight excluding hydrogens is 238 g/mol. The van der Waals surface area contributed by atoms with Crippen LogP contribution in [0.2, 0.25) is 0 Å². The number of rotatable bonds is 7. The van der Waals surface area contributed by atoms with Crippen molar-refractivity contribution in [1.29, 1.82) is 0 Å². The van der Waals surface area contributed by atoms with Crippen molar-refractivity contribution in [2.45, 2.75) is 33.7 Å². The topological polar surface area (TPSA) is 30.5 Å². The second-order valence-corrected chi connectivity index (χ2v) is 4.58. The van der Waals surface area contributed by atoms with Crippen molar-refractivity contribution in [2.75, 3.05) is 20.3 Å². The zero-order chi connectivity index (χ0) is 14.3. The van der Waals surface area contributed by atoms with E-state index in [4.69, 9.17) is 9.47 Å². The molecule has 0 saturated carbocycles. The predicted octanol–water partition coefficient (Wildman–Crippen LogP) is 3.71. The van der Waals surface area contributed by atoms with Crippen molar-refractivity contribution in [1.82, 2.24) is 5.32 Å². The molecule has 19 heavy (non-hydrogen) atoms. The average Bonchev–Trinajstić information content (AvgIpc) is 2.38. The summed E-state index contributed by atoms with van der Waals surface area (Å²) in [5.74, 6) is 1.62. The minimum atomic E-state index is 0.194. The van der Waals surface area contributed by atoms with Crippen LogP contribution in [0.25, 0.3) is 0 Å². The van der Waals surface area contributed by atoms with Gasteiger partial charge in [0.2, 0.25) is 0 Å². The monoisotopic (exact) mass is 263 g/mol. The number of nitrogens with one attached hydrogen (secondary N) is 1. The Labute approximate surface area is 116 Å². The Kier molecular flexibility index (Phi) is 6.43. The molecule has 0 saturated heterocycles. The Bertz CT molecular complexity index is 423. The molecule has 0 aliphatic heterocycles. The molecule has 0 heterocycles. The third-order valence-corrected chi connectivity index (χ3v) is 2.74. The Hall–Kier alpha value is -1.48. The Balaban J connectivity index is 3.08. The van der Waals surface area contributed by atoms with Crippen molar-refractivity contribution in [3.05, 3.63) is 35.4 Å². The zero-order valence-corrected chi connectivity index (χ0v) is 12.6. The summed E-state index contributed by atoms with van der Waals surface area (Å²) >= 11 is 0. The van der Waals surface area contributed by atoms with Crippen LogP contribution in [0.15, 0.2) is 29.8 Å². The number of hydrogen-bond acceptors (Lipinski definition) is 3. The van der Waals surface area contributed by atoms with Gasteiger partial charge in [-0.3, -0.25) is 0 Å². The van der Waals surface area contributed by atoms with Gasteiger partial charge in [0.15, 0.2) is 11.5 Å². The molecule has 1 atom stereocenters. The van der Waals surface area contributed by atoms with Crippen LogP contribution in [0, 0.1) is 0 Å². The summed E-state index contributed by atoms with van der Waals surface area (Å²) in [6.45, 7) is 9.43. The SMILES string of the molecule is CCOc1ccc(C(C=C(C)C)NC)cc1OCC. The lowest BCUT2D eigenvalue weighted by Gasteiger charge is -2.17. The number of hydrogen-bond donors (Lipinski definition) is 1. The molecule has 0 spiro atoms. The maximum atomic E-state index is 5.66. The molecule has 3 nitrogen and oxygen atoms in total. The quantitative estimate of drug-likeness (QED) is 0.761. The van der Waals surface area contributed by atoms with Gasteiger partial charge in [0.05, 0.1) is 19.3 Å². The van der Waals surface area contributed by atoms with Gasteiger partial charge in [-0.15, -0.1) is 0 Å². The van der Waals surface area contributed by atoms with Gasteiger partial charge in [-0.05, 0) is 52.4 Å². The lowest BCUT2D eigenvalue weighted by Crippen LogP contribution is -2.14. The molecular formula is C16H25NO2. The third kappa shape index (κ3) is 4.60. The van der Waals surface area contributed by atoms with Crippen LogP contribution < -0.4 is 14.8 Å². The molecule has 106 valence electrons. The van der Waals surface area contributed by atoms with E-state index in [-0.39, 0.29) is 6.04 Å². The smallest absolute Gasteiger partial charge is 0.161 e. The second-order valence-electron chi connectivity index (χ2n) is 4.58. The van der Waals surface area contributed by atoms with Gasteiger partial charge in [0.1, 0.15) is 0 Å². The van der Waals surface area contributed by atoms with E-state index in [2.05, 4.69) is 37.4 Å². The first-order valence-corrected chi connectivity index (χ1v) is 6.84. The number of likely N-dealkylation sites (N-methyl/N-ethyl adjacent to an activating group) is 1. The van der Waals surface area contributed by atoms with E-state index in [1.165, 1.54) is 11.1 Å². The van der Waals surface area contributed by atoms with Gasteiger partial charge in [0.25, 0.3) is 0 Å². The first-order valence-electron chi connectivity index (χ1n) is 6.84. The summed E-state index contributed by atoms with van der Waals surface area (Å²) in [7, 11) is 1.96. The fraction of sp³-hybridized carbons (Fsp3) is 0.500. The van der Waals surface area contributed by atoms with Crippen molar-refractivity contribution in [3.63, 3.8) is 0 Å². The van der Waals surface area contributed by atoms with E-state index < -0.39 is 0 Å². The fourth-order valence-corrected chi connectivity index (χ4v) is 1.94. The molecule has 3 heteroatoms. The largest absolute Gasteiger partial charge is 0.490 e. The van der Waals surface area contributed by atoms with Crippen LogP contribution in [0.1, 0.15) is 39.3 Å². The molecule has 1 aromatic rings. The number of ether oxygens (including phenoxy) is 2. The molecule has 1 N–H and O–H groups in total. The predicted molar refractivity (Wildman–Crippen MR) is 80.0 cm³/mol. The first kappa shape index (κ1) is 15.6. The minimum Gasteiger partial charge on any atom is -0.490 e. The van der Waals surface area contributed by atoms with Crippen LogP contribution in [-0.2, 0) is 0 Å². The van der Waals surface area contributed by atoms with Crippen molar-refractivity contribution in [3.8, 4) is 11.5 Å². The maximum Gasteiger partial charge on any atom is 0.161 e. The summed E-state index contributed by atoms with van der Waals surface area (Å²) in [5.41, 5.74) is 2.46. The molecule has 0 radical (unpaired) electrons. The van der Waals surface area contributed by atoms with E-state index in [9.17, 15) is 0 Å². The summed E-state index contributed by atoms with van der Waals surface area (Å²) in [6.07, 6.45) is 2.20. The van der Waals surface area contributed by atoms with E-state index in [0.29, 0.717) is 13.2 Å². The highest BCUT2D eigenvalue weighted by atomic mass is 16.5. The molecule has 0 aliphatic carbocycles. The van der Waals surface area contributed by atoms with Gasteiger partial charge in [-0.25, -0.2) is 0 Å². The molecule has 1 aromatic carbocycles. The summed E-state index contributed by atoms with van der Waals surface area (Å²) in [6, 6.07) is 6.30. The molecule has 0 bridgehead atoms. The molecule has 0 aliphatic rings. The van der Waals surface area contributed by atoms with Crippen LogP contribution >= 0.6 is 0 Å². The third-order valence-electron chi connectivity index (χ3n) is 2.74. The van der Waals surface area contributed by atoms with E-state index >= 15 is 0 Å². The first-order chi connectivity index (χ1) is 9.12. The highest BCUT2D eigenvalue weighted by Gasteiger charge is 2.11. The van der Waals surface area contributed by atoms with Gasteiger partial charge in [0, 0.05) is 0 Å². The molecule has 0 amide bonds. The van der Waals surface area contributed by atoms with Gasteiger partial charge < -0.3 is 14.8 Å². The Morgan fingerprint density at radius 2 is 1.79 bits per heavy atom. The molecule has 1 rings (SSSR count). The standard InChI is InChI=1S/C16H25NO2/c1-6-18-15-9-8-13(11-16(15)19-7-2)14(17-5)10-12(3)4/h8-11,14,17H,6-7H2,1-5H3. The normalized spacial score (nSPS) is 11.8. The second kappa shape index (κ2) is 7.85. The van der Waals surface area contributed by atoms with Crippen molar-refractivity contribution < 1.29 is 9.47 Å². The van der Waals surface area contributed by atoms with Crippen LogP contribution in [0.3, 0.4) is 0 Å². The average molecular weight is 263 g/mol. The van der Waals surface area contributed by atoms with Crippen LogP contribution in [-0.4, -0.2) is 20.3 Å². The van der Waals surface area contributed by atoms with Gasteiger partial charge >= 0.3 is 0 Å². The molecule has 0 aromatic heterocycles. The summed E-state index contributed by atoms with van der Waals surface area (Å²) in [5, 5.41) is 3.30. The van der Waals surface area contributed by atoms with Gasteiger partial charge in [-0.2, -0.15) is 0 Å². The molecule has 0 fully saturated rings. The summed E-state index contributed by atoms with van der Waals surface area (Å²) in [4.78, 5) is 0. The van der Waals surface area contributed by atoms with E-state index in [0.717, 1.165) is 11.5 Å². The minimum absolute atomic E-state index is 0.194. The maximum absolute atomic E-state index is 5.66. The highest BCUT2D eigenvalue weighted by molar-refractivity contribution is 5.44. The fourth-order valence-electron chi connectivity index (χ4n) is 1.94.